The van der Waals surface area contributed by atoms with Crippen LogP contribution in [0.3, 0.4) is 0 Å². The van der Waals surface area contributed by atoms with Crippen LogP contribution in [0.4, 0.5) is 0 Å². The van der Waals surface area contributed by atoms with Crippen molar-refractivity contribution in [2.75, 3.05) is 13.2 Å². The molecule has 6 rings (SSSR count). The zero-order valence-electron chi connectivity index (χ0n) is 24.1. The largest absolute Gasteiger partial charge is 0.488 e. The van der Waals surface area contributed by atoms with Crippen LogP contribution in [-0.4, -0.2) is 52.2 Å². The number of aromatic nitrogens is 1. The molecule has 3 atom stereocenters. The molecular weight excluding hydrogens is 664 g/mol. The van der Waals surface area contributed by atoms with Crippen molar-refractivity contribution in [3.8, 4) is 5.75 Å². The van der Waals surface area contributed by atoms with Crippen molar-refractivity contribution in [1.29, 1.82) is 0 Å². The Balaban J connectivity index is 1.13. The zero-order valence-corrected chi connectivity index (χ0v) is 28.0. The molecule has 3 aliphatic rings. The van der Waals surface area contributed by atoms with Gasteiger partial charge in [0.2, 0.25) is 0 Å². The van der Waals surface area contributed by atoms with Gasteiger partial charge in [-0.05, 0) is 73.9 Å². The predicted molar refractivity (Wildman–Crippen MR) is 176 cm³/mol. The van der Waals surface area contributed by atoms with Crippen LogP contribution in [0.15, 0.2) is 42.1 Å². The summed E-state index contributed by atoms with van der Waals surface area (Å²) in [5.74, 6) is 0.430. The number of halogens is 4. The summed E-state index contributed by atoms with van der Waals surface area (Å²) in [6.07, 6.45) is 5.94. The lowest BCUT2D eigenvalue weighted by molar-refractivity contribution is -0.128. The molecule has 2 aromatic carbocycles. The third kappa shape index (κ3) is 7.08. The van der Waals surface area contributed by atoms with E-state index in [1.165, 1.54) is 0 Å². The Morgan fingerprint density at radius 3 is 2.61 bits per heavy atom. The fraction of sp³-hybridized carbons (Fsp3) is 0.438. The maximum Gasteiger partial charge on any atom is 0.252 e. The zero-order chi connectivity index (χ0) is 31.0. The predicted octanol–water partition coefficient (Wildman–Crippen LogP) is 7.87. The number of carbonyl (C=O) groups excluding carboxylic acids is 1. The van der Waals surface area contributed by atoms with Crippen LogP contribution >= 0.6 is 57.7 Å². The summed E-state index contributed by atoms with van der Waals surface area (Å²) in [7, 11) is 0. The van der Waals surface area contributed by atoms with Crippen molar-refractivity contribution < 1.29 is 19.4 Å². The number of aliphatic hydroxyl groups is 1. The first kappa shape index (κ1) is 32.1. The number of nitrogens with one attached hydrogen (secondary N) is 1. The molecule has 2 bridgehead atoms. The van der Waals surface area contributed by atoms with Crippen LogP contribution in [0, 0.1) is 0 Å². The number of benzene rings is 2. The Morgan fingerprint density at radius 1 is 1.11 bits per heavy atom. The van der Waals surface area contributed by atoms with Gasteiger partial charge >= 0.3 is 0 Å². The molecule has 1 saturated heterocycles. The average molecular weight is 698 g/mol. The number of aliphatic hydroxyl groups excluding tert-OH is 1. The quantitative estimate of drug-likeness (QED) is 0.188. The number of rotatable bonds is 12. The number of carbonyl (C=O) groups is 1. The normalized spacial score (nSPS) is 20.2. The second kappa shape index (κ2) is 13.9. The van der Waals surface area contributed by atoms with E-state index in [0.717, 1.165) is 58.7 Å². The van der Waals surface area contributed by atoms with Crippen LogP contribution < -0.4 is 10.1 Å². The van der Waals surface area contributed by atoms with Gasteiger partial charge in [-0.15, -0.1) is 11.3 Å². The van der Waals surface area contributed by atoms with Crippen LogP contribution in [0.1, 0.15) is 66.1 Å². The van der Waals surface area contributed by atoms with Crippen molar-refractivity contribution in [3.05, 3.63) is 83.2 Å². The van der Waals surface area contributed by atoms with E-state index in [9.17, 15) is 9.90 Å². The minimum atomic E-state index is -0.680. The molecule has 3 aromatic rings. The fourth-order valence-electron chi connectivity index (χ4n) is 5.88. The highest BCUT2D eigenvalue weighted by Gasteiger charge is 2.42. The summed E-state index contributed by atoms with van der Waals surface area (Å²) in [4.78, 5) is 21.9. The van der Waals surface area contributed by atoms with E-state index < -0.39 is 6.10 Å². The molecule has 2 fully saturated rings. The second-order valence-corrected chi connectivity index (χ2v) is 14.2. The molecule has 1 saturated carbocycles. The molecule has 44 heavy (non-hydrogen) atoms. The average Bonchev–Trinajstić information content (AvgIpc) is 3.61. The van der Waals surface area contributed by atoms with E-state index in [1.54, 1.807) is 36.5 Å². The van der Waals surface area contributed by atoms with E-state index in [4.69, 9.17) is 55.9 Å². The first-order valence-electron chi connectivity index (χ1n) is 14.7. The molecule has 12 heteroatoms. The van der Waals surface area contributed by atoms with E-state index >= 15 is 0 Å². The summed E-state index contributed by atoms with van der Waals surface area (Å²) in [6.45, 7) is 2.95. The molecule has 7 nitrogen and oxygen atoms in total. The number of hydrogen-bond donors (Lipinski definition) is 2. The molecule has 1 aromatic heterocycles. The third-order valence-electron chi connectivity index (χ3n) is 8.27. The summed E-state index contributed by atoms with van der Waals surface area (Å²) in [5, 5.41) is 15.9. The highest BCUT2D eigenvalue weighted by molar-refractivity contribution is 7.12. The minimum Gasteiger partial charge on any atom is -0.488 e. The molecule has 2 N–H and O–H groups in total. The van der Waals surface area contributed by atoms with Crippen molar-refractivity contribution in [1.82, 2.24) is 15.2 Å². The van der Waals surface area contributed by atoms with Gasteiger partial charge in [0.1, 0.15) is 11.6 Å². The molecule has 234 valence electrons. The van der Waals surface area contributed by atoms with Crippen LogP contribution in [0.25, 0.3) is 5.57 Å². The topological polar surface area (TPSA) is 83.9 Å². The Hall–Kier alpha value is -1.88. The minimum absolute atomic E-state index is 0.0274. The maximum atomic E-state index is 14.3. The Kier molecular flexibility index (Phi) is 10.1. The van der Waals surface area contributed by atoms with Gasteiger partial charge < -0.3 is 24.8 Å². The summed E-state index contributed by atoms with van der Waals surface area (Å²) >= 11 is 27.0. The Bertz CT molecular complexity index is 1550. The van der Waals surface area contributed by atoms with Crippen molar-refractivity contribution in [3.63, 3.8) is 0 Å². The molecule has 1 aliphatic carbocycles. The fourth-order valence-corrected chi connectivity index (χ4v) is 7.80. The molecule has 2 aliphatic heterocycles. The number of nitrogens with zero attached hydrogens (tertiary/aromatic N) is 2. The van der Waals surface area contributed by atoms with Gasteiger partial charge in [-0.1, -0.05) is 58.5 Å². The summed E-state index contributed by atoms with van der Waals surface area (Å²) in [6, 6.07) is 9.45. The highest BCUT2D eigenvalue weighted by Crippen LogP contribution is 2.42. The van der Waals surface area contributed by atoms with Gasteiger partial charge in [0.05, 0.1) is 44.3 Å². The number of fused-ring (bicyclic) bond motifs is 2. The van der Waals surface area contributed by atoms with E-state index in [2.05, 4.69) is 10.3 Å². The van der Waals surface area contributed by atoms with Crippen molar-refractivity contribution >= 4 is 69.2 Å². The number of amides is 1. The van der Waals surface area contributed by atoms with Gasteiger partial charge in [-0.25, -0.2) is 4.98 Å². The molecule has 0 radical (unpaired) electrons. The number of thiazole rings is 1. The first-order valence-corrected chi connectivity index (χ1v) is 17.1. The Labute approximate surface area is 281 Å². The van der Waals surface area contributed by atoms with Crippen LogP contribution in [0.2, 0.25) is 20.1 Å². The third-order valence-corrected chi connectivity index (χ3v) is 10.7. The Morgan fingerprint density at radius 2 is 1.89 bits per heavy atom. The second-order valence-electron chi connectivity index (χ2n) is 11.5. The highest BCUT2D eigenvalue weighted by atomic mass is 35.5. The maximum absolute atomic E-state index is 14.3. The van der Waals surface area contributed by atoms with E-state index in [0.29, 0.717) is 57.2 Å². The standard InChI is InChI=1S/C32H33Cl4N3O4S/c1-17(40)19-11-24(34)31(25(35)12-19)43-10-9-42-16-28-37-14-27(44-28)22-13-20-5-8-26(38-20)29(22)32(41)39(21-6-7-21)15-18-3-2-4-23(33)30(18)36/h2-4,11-12,14,17,20-21,26,38,40H,5-10,13,15-16H2,1H3/t17-,20-,26+/m0/s1. The van der Waals surface area contributed by atoms with Gasteiger partial charge in [-0.2, -0.15) is 0 Å². The van der Waals surface area contributed by atoms with Gasteiger partial charge in [-0.3, -0.25) is 4.79 Å². The van der Waals surface area contributed by atoms with E-state index in [-0.39, 0.29) is 24.6 Å². The summed E-state index contributed by atoms with van der Waals surface area (Å²) < 4.78 is 11.6. The number of ether oxygens (including phenoxy) is 2. The number of hydrogen-bond acceptors (Lipinski definition) is 7. The molecule has 0 unspecified atom stereocenters. The van der Waals surface area contributed by atoms with Gasteiger partial charge in [0.25, 0.3) is 5.91 Å². The lowest BCUT2D eigenvalue weighted by Crippen LogP contribution is -2.44. The lowest BCUT2D eigenvalue weighted by Gasteiger charge is -2.31. The smallest absolute Gasteiger partial charge is 0.252 e. The first-order chi connectivity index (χ1) is 21.2. The molecule has 1 amide bonds. The van der Waals surface area contributed by atoms with Gasteiger partial charge in [0.15, 0.2) is 5.75 Å². The summed E-state index contributed by atoms with van der Waals surface area (Å²) in [5.41, 5.74) is 3.41. The van der Waals surface area contributed by atoms with Crippen molar-refractivity contribution in [2.45, 2.75) is 76.4 Å². The van der Waals surface area contributed by atoms with Crippen molar-refractivity contribution in [2.24, 2.45) is 0 Å². The van der Waals surface area contributed by atoms with Crippen LogP contribution in [0.5, 0.6) is 5.75 Å². The molecule has 0 spiro atoms. The van der Waals surface area contributed by atoms with Crippen LogP contribution in [-0.2, 0) is 22.7 Å². The molecule has 3 heterocycles. The van der Waals surface area contributed by atoms with Gasteiger partial charge in [0, 0.05) is 36.4 Å². The molecular formula is C32H33Cl4N3O4S. The lowest BCUT2D eigenvalue weighted by atomic mass is 9.93. The monoisotopic (exact) mass is 695 g/mol. The van der Waals surface area contributed by atoms with E-state index in [1.807, 2.05) is 23.2 Å². The SMILES string of the molecule is C[C@H](O)c1cc(Cl)c(OCCOCc2ncc(C3=C(C(=O)N(Cc4cccc(Cl)c4Cl)C4CC4)[C@H]4CC[C@@H](C3)N4)s2)c(Cl)c1.